The number of para-hydroxylation sites is 1. The zero-order valence-corrected chi connectivity index (χ0v) is 12.2. The number of nitrogens with one attached hydrogen (secondary N) is 1. The van der Waals surface area contributed by atoms with Crippen molar-refractivity contribution in [2.45, 2.75) is 24.8 Å². The molecule has 0 fully saturated rings. The van der Waals surface area contributed by atoms with Gasteiger partial charge in [0.2, 0.25) is 10.0 Å². The van der Waals surface area contributed by atoms with Gasteiger partial charge in [0.15, 0.2) is 0 Å². The first kappa shape index (κ1) is 15.9. The second kappa shape index (κ2) is 6.31. The Morgan fingerprint density at radius 1 is 1.42 bits per heavy atom. The van der Waals surface area contributed by atoms with E-state index < -0.39 is 15.8 Å². The molecule has 5 nitrogen and oxygen atoms in total. The summed E-state index contributed by atoms with van der Waals surface area (Å²) in [6.07, 6.45) is 0. The third-order valence-electron chi connectivity index (χ3n) is 2.94. The van der Waals surface area contributed by atoms with Crippen molar-refractivity contribution in [2.75, 3.05) is 25.9 Å². The number of hydrogen-bond acceptors (Lipinski definition) is 4. The summed E-state index contributed by atoms with van der Waals surface area (Å²) in [6.45, 7) is 4.83. The Morgan fingerprint density at radius 2 is 2.05 bits per heavy atom. The van der Waals surface area contributed by atoms with Gasteiger partial charge in [0, 0.05) is 19.1 Å². The van der Waals surface area contributed by atoms with Gasteiger partial charge < -0.3 is 10.6 Å². The Kier molecular flexibility index (Phi) is 5.28. The quantitative estimate of drug-likeness (QED) is 0.767. The van der Waals surface area contributed by atoms with E-state index in [2.05, 4.69) is 4.72 Å². The summed E-state index contributed by atoms with van der Waals surface area (Å²) in [5.41, 5.74) is 5.09. The fourth-order valence-corrected chi connectivity index (χ4v) is 2.60. The van der Waals surface area contributed by atoms with E-state index in [0.717, 1.165) is 6.07 Å². The first-order chi connectivity index (χ1) is 8.75. The smallest absolute Gasteiger partial charge is 0.242 e. The lowest BCUT2D eigenvalue weighted by molar-refractivity contribution is 0.278. The fourth-order valence-electron chi connectivity index (χ4n) is 1.44. The minimum Gasteiger partial charge on any atom is -0.395 e. The average Bonchev–Trinajstić information content (AvgIpc) is 2.31. The first-order valence-corrected chi connectivity index (χ1v) is 7.48. The van der Waals surface area contributed by atoms with Crippen LogP contribution in [0, 0.1) is 5.82 Å². The van der Waals surface area contributed by atoms with Crippen molar-refractivity contribution in [2.24, 2.45) is 0 Å². The molecular formula is C12H20FN3O2S. The Morgan fingerprint density at radius 3 is 2.63 bits per heavy atom. The van der Waals surface area contributed by atoms with Gasteiger partial charge in [-0.05, 0) is 33.0 Å². The number of halogens is 1. The highest BCUT2D eigenvalue weighted by Crippen LogP contribution is 2.20. The maximum atomic E-state index is 13.2. The lowest BCUT2D eigenvalue weighted by Gasteiger charge is -2.21. The maximum absolute atomic E-state index is 13.2. The fraction of sp³-hybridized carbons (Fsp3) is 0.500. The molecule has 108 valence electrons. The highest BCUT2D eigenvalue weighted by Gasteiger charge is 2.19. The van der Waals surface area contributed by atoms with Gasteiger partial charge in [0.25, 0.3) is 0 Å². The molecule has 0 spiro atoms. The SMILES string of the molecule is CC(C)N(C)CCNS(=O)(=O)c1cccc(F)c1N. The number of benzene rings is 1. The van der Waals surface area contributed by atoms with Crippen LogP contribution in [0.2, 0.25) is 0 Å². The highest BCUT2D eigenvalue weighted by molar-refractivity contribution is 7.89. The van der Waals surface area contributed by atoms with Gasteiger partial charge >= 0.3 is 0 Å². The molecule has 0 saturated carbocycles. The van der Waals surface area contributed by atoms with Crippen LogP contribution in [0.4, 0.5) is 10.1 Å². The molecule has 7 heteroatoms. The van der Waals surface area contributed by atoms with Crippen LogP contribution in [-0.2, 0) is 10.0 Å². The van der Waals surface area contributed by atoms with Crippen molar-refractivity contribution in [1.82, 2.24) is 9.62 Å². The largest absolute Gasteiger partial charge is 0.395 e. The minimum atomic E-state index is -3.78. The molecule has 1 aromatic rings. The van der Waals surface area contributed by atoms with E-state index in [1.54, 1.807) is 0 Å². The summed E-state index contributed by atoms with van der Waals surface area (Å²) >= 11 is 0. The van der Waals surface area contributed by atoms with E-state index in [1.807, 2.05) is 25.8 Å². The summed E-state index contributed by atoms with van der Waals surface area (Å²) in [5, 5.41) is 0. The van der Waals surface area contributed by atoms with Gasteiger partial charge in [-0.25, -0.2) is 17.5 Å². The molecule has 1 aromatic carbocycles. The van der Waals surface area contributed by atoms with Crippen molar-refractivity contribution < 1.29 is 12.8 Å². The Balaban J connectivity index is 2.74. The normalized spacial score (nSPS) is 12.3. The lowest BCUT2D eigenvalue weighted by atomic mass is 10.3. The van der Waals surface area contributed by atoms with Crippen LogP contribution < -0.4 is 10.5 Å². The topological polar surface area (TPSA) is 75.4 Å². The summed E-state index contributed by atoms with van der Waals surface area (Å²) in [7, 11) is -1.88. The summed E-state index contributed by atoms with van der Waals surface area (Å²) < 4.78 is 39.6. The molecule has 0 unspecified atom stereocenters. The number of rotatable bonds is 6. The van der Waals surface area contributed by atoms with Gasteiger partial charge in [-0.15, -0.1) is 0 Å². The number of nitrogens with two attached hydrogens (primary N) is 1. The Labute approximate surface area is 113 Å². The van der Waals surface area contributed by atoms with Crippen LogP contribution >= 0.6 is 0 Å². The van der Waals surface area contributed by atoms with Crippen LogP contribution in [0.3, 0.4) is 0 Å². The molecule has 0 atom stereocenters. The second-order valence-corrected chi connectivity index (χ2v) is 6.36. The van der Waals surface area contributed by atoms with Crippen LogP contribution in [0.1, 0.15) is 13.8 Å². The Bertz CT molecular complexity index is 532. The van der Waals surface area contributed by atoms with Crippen molar-refractivity contribution in [3.8, 4) is 0 Å². The van der Waals surface area contributed by atoms with Gasteiger partial charge in [0.1, 0.15) is 10.7 Å². The van der Waals surface area contributed by atoms with Crippen molar-refractivity contribution in [3.05, 3.63) is 24.0 Å². The monoisotopic (exact) mass is 289 g/mol. The molecule has 0 saturated heterocycles. The third kappa shape index (κ3) is 4.15. The van der Waals surface area contributed by atoms with Gasteiger partial charge in [0.05, 0.1) is 5.69 Å². The number of nitrogens with zero attached hydrogens (tertiary/aromatic N) is 1. The molecule has 0 aromatic heterocycles. The van der Waals surface area contributed by atoms with E-state index in [-0.39, 0.29) is 17.1 Å². The molecular weight excluding hydrogens is 269 g/mol. The summed E-state index contributed by atoms with van der Waals surface area (Å²) in [4.78, 5) is 1.77. The average molecular weight is 289 g/mol. The third-order valence-corrected chi connectivity index (χ3v) is 4.46. The number of sulfonamides is 1. The van der Waals surface area contributed by atoms with Gasteiger partial charge in [-0.3, -0.25) is 0 Å². The van der Waals surface area contributed by atoms with E-state index in [9.17, 15) is 12.8 Å². The van der Waals surface area contributed by atoms with Gasteiger partial charge in [-0.2, -0.15) is 0 Å². The van der Waals surface area contributed by atoms with E-state index in [1.165, 1.54) is 12.1 Å². The minimum absolute atomic E-state index is 0.222. The predicted molar refractivity (Wildman–Crippen MR) is 73.8 cm³/mol. The molecule has 0 heterocycles. The summed E-state index contributed by atoms with van der Waals surface area (Å²) in [6, 6.07) is 4.05. The van der Waals surface area contributed by atoms with Crippen molar-refractivity contribution >= 4 is 15.7 Å². The molecule has 0 aliphatic heterocycles. The highest BCUT2D eigenvalue weighted by atomic mass is 32.2. The zero-order valence-electron chi connectivity index (χ0n) is 11.4. The van der Waals surface area contributed by atoms with E-state index in [0.29, 0.717) is 12.6 Å². The van der Waals surface area contributed by atoms with E-state index in [4.69, 9.17) is 5.73 Å². The number of hydrogen-bond donors (Lipinski definition) is 2. The molecule has 3 N–H and O–H groups in total. The van der Waals surface area contributed by atoms with Crippen molar-refractivity contribution in [3.63, 3.8) is 0 Å². The van der Waals surface area contributed by atoms with Crippen LogP contribution in [0.25, 0.3) is 0 Å². The molecule has 0 bridgehead atoms. The van der Waals surface area contributed by atoms with Gasteiger partial charge in [-0.1, -0.05) is 6.07 Å². The standard InChI is InChI=1S/C12H20FN3O2S/c1-9(2)16(3)8-7-15-19(17,18)11-6-4-5-10(13)12(11)14/h4-6,9,15H,7-8,14H2,1-3H3. The van der Waals surface area contributed by atoms with Crippen LogP contribution in [-0.4, -0.2) is 39.5 Å². The predicted octanol–water partition coefficient (Wildman–Crippen LogP) is 1.03. The molecule has 1 rings (SSSR count). The maximum Gasteiger partial charge on any atom is 0.242 e. The lowest BCUT2D eigenvalue weighted by Crippen LogP contribution is -2.36. The molecule has 0 aliphatic rings. The molecule has 0 radical (unpaired) electrons. The van der Waals surface area contributed by atoms with E-state index >= 15 is 0 Å². The molecule has 0 amide bonds. The zero-order chi connectivity index (χ0) is 14.6. The first-order valence-electron chi connectivity index (χ1n) is 5.99. The summed E-state index contributed by atoms with van der Waals surface area (Å²) in [5.74, 6) is -0.734. The van der Waals surface area contributed by atoms with Crippen molar-refractivity contribution in [1.29, 1.82) is 0 Å². The second-order valence-electron chi connectivity index (χ2n) is 4.62. The van der Waals surface area contributed by atoms with Crippen LogP contribution in [0.5, 0.6) is 0 Å². The molecule has 19 heavy (non-hydrogen) atoms. The number of nitrogen functional groups attached to an aromatic ring is 1. The Hall–Kier alpha value is -1.18. The van der Waals surface area contributed by atoms with Crippen LogP contribution in [0.15, 0.2) is 23.1 Å². The number of likely N-dealkylation sites (N-methyl/N-ethyl adjacent to an activating group) is 1. The number of anilines is 1. The molecule has 0 aliphatic carbocycles.